The average molecular weight is 367 g/mol. The van der Waals surface area contributed by atoms with Gasteiger partial charge in [-0.3, -0.25) is 24.0 Å². The molecule has 3 aromatic heterocycles. The molecule has 10 heteroatoms. The van der Waals surface area contributed by atoms with E-state index >= 15 is 0 Å². The van der Waals surface area contributed by atoms with Gasteiger partial charge in [0.2, 0.25) is 5.78 Å². The number of aromatic amines is 1. The van der Waals surface area contributed by atoms with Gasteiger partial charge < -0.3 is 11.1 Å². The summed E-state index contributed by atoms with van der Waals surface area (Å²) < 4.78 is 1.55. The molecular formula is C17H17N7O3. The third kappa shape index (κ3) is 3.89. The maximum absolute atomic E-state index is 12.8. The van der Waals surface area contributed by atoms with E-state index in [1.165, 1.54) is 12.4 Å². The minimum atomic E-state index is -1.13. The fraction of sp³-hybridized carbons (Fsp3) is 0.176. The lowest BCUT2D eigenvalue weighted by atomic mass is 10.0. The summed E-state index contributed by atoms with van der Waals surface area (Å²) in [5.74, 6) is -1.55. The molecular weight excluding hydrogens is 350 g/mol. The molecule has 0 saturated heterocycles. The summed E-state index contributed by atoms with van der Waals surface area (Å²) in [6.07, 6.45) is 6.10. The number of Topliss-reactive ketones (excluding diaryl/α,β-unsaturated/α-hetero) is 1. The van der Waals surface area contributed by atoms with E-state index in [0.717, 1.165) is 0 Å². The smallest absolute Gasteiger partial charge is 0.287 e. The van der Waals surface area contributed by atoms with E-state index in [9.17, 15) is 14.4 Å². The summed E-state index contributed by atoms with van der Waals surface area (Å²) in [4.78, 5) is 44.6. The summed E-state index contributed by atoms with van der Waals surface area (Å²) in [6.45, 7) is 1.73. The van der Waals surface area contributed by atoms with Gasteiger partial charge in [0.15, 0.2) is 0 Å². The monoisotopic (exact) mass is 367 g/mol. The van der Waals surface area contributed by atoms with Crippen molar-refractivity contribution in [1.82, 2.24) is 30.0 Å². The Balaban J connectivity index is 1.88. The quantitative estimate of drug-likeness (QED) is 0.488. The Morgan fingerprint density at radius 3 is 2.70 bits per heavy atom. The number of pyridine rings is 1. The molecule has 0 aromatic carbocycles. The first-order valence-corrected chi connectivity index (χ1v) is 8.05. The van der Waals surface area contributed by atoms with Gasteiger partial charge in [0.1, 0.15) is 23.4 Å². The van der Waals surface area contributed by atoms with Gasteiger partial charge in [-0.15, -0.1) is 0 Å². The Labute approximate surface area is 153 Å². The number of primary amides is 1. The van der Waals surface area contributed by atoms with Crippen molar-refractivity contribution < 1.29 is 14.4 Å². The predicted octanol–water partition coefficient (Wildman–Crippen LogP) is -0.306. The second-order valence-electron chi connectivity index (χ2n) is 5.78. The lowest BCUT2D eigenvalue weighted by Gasteiger charge is -2.16. The van der Waals surface area contributed by atoms with Gasteiger partial charge in [0, 0.05) is 18.8 Å². The summed E-state index contributed by atoms with van der Waals surface area (Å²) in [6, 6.07) is 4.13. The van der Waals surface area contributed by atoms with E-state index in [2.05, 4.69) is 25.5 Å². The van der Waals surface area contributed by atoms with Crippen LogP contribution in [0.4, 0.5) is 0 Å². The lowest BCUT2D eigenvalue weighted by Crippen LogP contribution is -2.47. The number of carbonyl (C=O) groups excluding carboxylic acids is 3. The van der Waals surface area contributed by atoms with Crippen molar-refractivity contribution in [2.75, 3.05) is 0 Å². The van der Waals surface area contributed by atoms with Crippen LogP contribution in [-0.4, -0.2) is 48.4 Å². The van der Waals surface area contributed by atoms with Crippen molar-refractivity contribution in [1.29, 1.82) is 0 Å². The fourth-order valence-corrected chi connectivity index (χ4v) is 2.62. The number of nitrogens with one attached hydrogen (secondary N) is 2. The van der Waals surface area contributed by atoms with Crippen molar-refractivity contribution in [2.45, 2.75) is 19.4 Å². The number of nitrogens with zero attached hydrogens (tertiary/aromatic N) is 4. The van der Waals surface area contributed by atoms with Crippen LogP contribution in [0.1, 0.15) is 21.9 Å². The number of aromatic nitrogens is 5. The third-order valence-corrected chi connectivity index (χ3v) is 3.91. The topological polar surface area (TPSA) is 149 Å². The molecule has 10 nitrogen and oxygen atoms in total. The molecule has 0 aliphatic heterocycles. The number of ketones is 1. The molecule has 0 saturated carbocycles. The normalized spacial score (nSPS) is 11.7. The van der Waals surface area contributed by atoms with Crippen LogP contribution in [0.25, 0.3) is 5.82 Å². The van der Waals surface area contributed by atoms with Gasteiger partial charge >= 0.3 is 0 Å². The number of nitrogens with two attached hydrogens (primary N) is 1. The van der Waals surface area contributed by atoms with Crippen LogP contribution in [0.2, 0.25) is 0 Å². The summed E-state index contributed by atoms with van der Waals surface area (Å²) >= 11 is 0. The van der Waals surface area contributed by atoms with Gasteiger partial charge in [-0.25, -0.2) is 9.97 Å². The molecule has 0 aliphatic rings. The van der Waals surface area contributed by atoms with E-state index in [0.29, 0.717) is 17.2 Å². The number of H-pyrrole nitrogens is 1. The highest BCUT2D eigenvalue weighted by Crippen LogP contribution is 2.13. The van der Waals surface area contributed by atoms with E-state index < -0.39 is 23.6 Å². The van der Waals surface area contributed by atoms with Crippen molar-refractivity contribution in [3.05, 3.63) is 60.1 Å². The number of hydrogen-bond donors (Lipinski definition) is 3. The summed E-state index contributed by atoms with van der Waals surface area (Å²) in [5, 5.41) is 8.95. The molecule has 3 rings (SSSR count). The Hall–Kier alpha value is -3.82. The lowest BCUT2D eigenvalue weighted by molar-refractivity contribution is -0.137. The highest BCUT2D eigenvalue weighted by Gasteiger charge is 2.28. The molecule has 1 atom stereocenters. The van der Waals surface area contributed by atoms with Crippen LogP contribution >= 0.6 is 0 Å². The standard InChI is InChI=1S/C17H17N7O3/c1-10-20-9-13(24(10)14-4-2-3-5-19-14)17(27)23-12(15(25)16(18)26)6-11-7-21-22-8-11/h2-5,7-9,12H,6H2,1H3,(H2,18,26)(H,21,22)(H,23,27). The highest BCUT2D eigenvalue weighted by molar-refractivity contribution is 6.38. The maximum Gasteiger partial charge on any atom is 0.287 e. The van der Waals surface area contributed by atoms with Crippen LogP contribution in [0, 0.1) is 6.92 Å². The van der Waals surface area contributed by atoms with E-state index in [1.54, 1.807) is 42.1 Å². The minimum Gasteiger partial charge on any atom is -0.363 e. The van der Waals surface area contributed by atoms with Gasteiger partial charge in [-0.2, -0.15) is 5.10 Å². The Morgan fingerprint density at radius 1 is 1.26 bits per heavy atom. The second kappa shape index (κ2) is 7.60. The largest absolute Gasteiger partial charge is 0.363 e. The van der Waals surface area contributed by atoms with Crippen LogP contribution in [0.5, 0.6) is 0 Å². The van der Waals surface area contributed by atoms with E-state index in [-0.39, 0.29) is 12.1 Å². The first-order chi connectivity index (χ1) is 13.0. The summed E-state index contributed by atoms with van der Waals surface area (Å²) in [5.41, 5.74) is 5.94. The number of imidazole rings is 1. The summed E-state index contributed by atoms with van der Waals surface area (Å²) in [7, 11) is 0. The number of aryl methyl sites for hydroxylation is 1. The maximum atomic E-state index is 12.8. The molecule has 138 valence electrons. The SMILES string of the molecule is Cc1ncc(C(=O)NC(Cc2cn[nH]c2)C(=O)C(N)=O)n1-c1ccccn1. The molecule has 0 aliphatic carbocycles. The minimum absolute atomic E-state index is 0.0702. The van der Waals surface area contributed by atoms with Crippen LogP contribution in [-0.2, 0) is 16.0 Å². The average Bonchev–Trinajstić information content (AvgIpc) is 3.30. The van der Waals surface area contributed by atoms with Crippen LogP contribution < -0.4 is 11.1 Å². The molecule has 3 aromatic rings. The van der Waals surface area contributed by atoms with Crippen LogP contribution in [0.15, 0.2) is 43.0 Å². The third-order valence-electron chi connectivity index (χ3n) is 3.91. The number of rotatable bonds is 7. The fourth-order valence-electron chi connectivity index (χ4n) is 2.62. The van der Waals surface area contributed by atoms with Gasteiger partial charge in [0.05, 0.1) is 12.4 Å². The Bertz CT molecular complexity index is 964. The second-order valence-corrected chi connectivity index (χ2v) is 5.78. The first-order valence-electron chi connectivity index (χ1n) is 8.05. The number of carbonyl (C=O) groups is 3. The first kappa shape index (κ1) is 18.0. The molecule has 4 N–H and O–H groups in total. The van der Waals surface area contributed by atoms with E-state index in [4.69, 9.17) is 5.73 Å². The highest BCUT2D eigenvalue weighted by atomic mass is 16.2. The molecule has 27 heavy (non-hydrogen) atoms. The predicted molar refractivity (Wildman–Crippen MR) is 93.8 cm³/mol. The number of amides is 2. The Morgan fingerprint density at radius 2 is 2.07 bits per heavy atom. The molecule has 3 heterocycles. The molecule has 0 spiro atoms. The Kier molecular flexibility index (Phi) is 5.06. The van der Waals surface area contributed by atoms with Gasteiger partial charge in [-0.1, -0.05) is 6.07 Å². The van der Waals surface area contributed by atoms with Crippen molar-refractivity contribution in [2.24, 2.45) is 5.73 Å². The van der Waals surface area contributed by atoms with Crippen molar-refractivity contribution in [3.8, 4) is 5.82 Å². The van der Waals surface area contributed by atoms with Gasteiger partial charge in [0.25, 0.3) is 11.8 Å². The zero-order valence-corrected chi connectivity index (χ0v) is 14.4. The van der Waals surface area contributed by atoms with Crippen molar-refractivity contribution in [3.63, 3.8) is 0 Å². The van der Waals surface area contributed by atoms with Crippen molar-refractivity contribution >= 4 is 17.6 Å². The van der Waals surface area contributed by atoms with E-state index in [1.807, 2.05) is 0 Å². The molecule has 0 bridgehead atoms. The number of hydrogen-bond acceptors (Lipinski definition) is 6. The molecule has 0 radical (unpaired) electrons. The molecule has 2 amide bonds. The van der Waals surface area contributed by atoms with Gasteiger partial charge in [-0.05, 0) is 24.6 Å². The zero-order chi connectivity index (χ0) is 19.4. The molecule has 0 fully saturated rings. The molecule has 1 unspecified atom stereocenters. The van der Waals surface area contributed by atoms with Crippen LogP contribution in [0.3, 0.4) is 0 Å². The zero-order valence-electron chi connectivity index (χ0n) is 14.4.